The Kier molecular flexibility index (Phi) is 6.36. The van der Waals surface area contributed by atoms with Crippen LogP contribution < -0.4 is 25.1 Å². The van der Waals surface area contributed by atoms with Gasteiger partial charge in [0.2, 0.25) is 0 Å². The number of amides is 1. The summed E-state index contributed by atoms with van der Waals surface area (Å²) < 4.78 is 18.5. The molecule has 0 bridgehead atoms. The van der Waals surface area contributed by atoms with Crippen molar-refractivity contribution in [2.24, 2.45) is 0 Å². The standard InChI is InChI=1S/C31H27N3O5/c1-37-25-13-11-22-27(30(25)38-2)31(36)34-24-12-10-20(17-23(24)21-14-16-33-28(22)29(21)34)39-18-26(35)32-15-6-9-19-7-4-3-5-8-19/h3-5,7-8,10-14,16-17H,6,9,15,18H2,1-2H3,(H,32,35). The number of carbonyl (C=O) groups excluding carboxylic acids is 1. The minimum atomic E-state index is -0.218. The predicted molar refractivity (Wildman–Crippen MR) is 152 cm³/mol. The topological polar surface area (TPSA) is 91.2 Å². The summed E-state index contributed by atoms with van der Waals surface area (Å²) in [7, 11) is 3.06. The van der Waals surface area contributed by atoms with Crippen LogP contribution in [0.1, 0.15) is 12.0 Å². The summed E-state index contributed by atoms with van der Waals surface area (Å²) in [4.78, 5) is 30.8. The SMILES string of the molecule is COc1ccc2c(c1OC)c(=O)n1c3ccc(OCC(=O)NCCCc4ccccc4)cc3c3ccnc2c31. The number of fused-ring (bicyclic) bond motifs is 5. The lowest BCUT2D eigenvalue weighted by Gasteiger charge is -2.12. The summed E-state index contributed by atoms with van der Waals surface area (Å²) >= 11 is 0. The van der Waals surface area contributed by atoms with Crippen LogP contribution in [0.2, 0.25) is 0 Å². The van der Waals surface area contributed by atoms with Crippen molar-refractivity contribution < 1.29 is 19.0 Å². The second-order valence-corrected chi connectivity index (χ2v) is 9.33. The van der Waals surface area contributed by atoms with E-state index in [1.54, 1.807) is 29.8 Å². The number of aryl methyl sites for hydroxylation is 1. The normalized spacial score (nSPS) is 11.4. The lowest BCUT2D eigenvalue weighted by Crippen LogP contribution is -2.29. The van der Waals surface area contributed by atoms with Gasteiger partial charge in [0.15, 0.2) is 18.1 Å². The van der Waals surface area contributed by atoms with Gasteiger partial charge >= 0.3 is 0 Å². The van der Waals surface area contributed by atoms with Crippen molar-refractivity contribution in [1.29, 1.82) is 0 Å². The van der Waals surface area contributed by atoms with Gasteiger partial charge in [0.1, 0.15) is 5.75 Å². The van der Waals surface area contributed by atoms with Gasteiger partial charge in [-0.2, -0.15) is 0 Å². The fourth-order valence-corrected chi connectivity index (χ4v) is 5.26. The molecule has 0 fully saturated rings. The molecule has 3 aromatic carbocycles. The molecule has 0 aliphatic rings. The summed E-state index contributed by atoms with van der Waals surface area (Å²) in [5, 5.41) is 5.72. The van der Waals surface area contributed by atoms with E-state index in [9.17, 15) is 9.59 Å². The maximum Gasteiger partial charge on any atom is 0.267 e. The molecular weight excluding hydrogens is 494 g/mol. The maximum absolute atomic E-state index is 13.8. The molecule has 8 heteroatoms. The first-order valence-electron chi connectivity index (χ1n) is 12.8. The van der Waals surface area contributed by atoms with Crippen molar-refractivity contribution in [3.05, 3.63) is 88.8 Å². The van der Waals surface area contributed by atoms with E-state index in [1.807, 2.05) is 42.5 Å². The van der Waals surface area contributed by atoms with E-state index in [0.29, 0.717) is 40.1 Å². The molecule has 39 heavy (non-hydrogen) atoms. The Labute approximate surface area is 224 Å². The molecule has 6 rings (SSSR count). The number of aromatic nitrogens is 2. The van der Waals surface area contributed by atoms with Crippen molar-refractivity contribution in [2.75, 3.05) is 27.4 Å². The Bertz CT molecular complexity index is 1880. The molecule has 1 N–H and O–H groups in total. The Morgan fingerprint density at radius 2 is 1.79 bits per heavy atom. The largest absolute Gasteiger partial charge is 0.493 e. The summed E-state index contributed by atoms with van der Waals surface area (Å²) in [5.74, 6) is 1.22. The second-order valence-electron chi connectivity index (χ2n) is 9.33. The Morgan fingerprint density at radius 3 is 2.59 bits per heavy atom. The highest BCUT2D eigenvalue weighted by Gasteiger charge is 2.22. The molecule has 0 saturated heterocycles. The third-order valence-corrected chi connectivity index (χ3v) is 7.04. The smallest absolute Gasteiger partial charge is 0.267 e. The van der Waals surface area contributed by atoms with Crippen molar-refractivity contribution in [2.45, 2.75) is 12.8 Å². The van der Waals surface area contributed by atoms with Crippen LogP contribution in [0.15, 0.2) is 77.7 Å². The Morgan fingerprint density at radius 1 is 0.949 bits per heavy atom. The van der Waals surface area contributed by atoms with Crippen LogP contribution in [0.5, 0.6) is 17.2 Å². The lowest BCUT2D eigenvalue weighted by molar-refractivity contribution is -0.123. The highest BCUT2D eigenvalue weighted by Crippen LogP contribution is 2.39. The van der Waals surface area contributed by atoms with Crippen LogP contribution in [-0.4, -0.2) is 42.7 Å². The minimum absolute atomic E-state index is 0.0936. The molecule has 6 aromatic rings. The summed E-state index contributed by atoms with van der Waals surface area (Å²) in [6.45, 7) is 0.486. The number of carbonyl (C=O) groups is 1. The maximum atomic E-state index is 13.8. The number of pyridine rings is 2. The number of ether oxygens (including phenoxy) is 3. The first-order valence-corrected chi connectivity index (χ1v) is 12.8. The second kappa shape index (κ2) is 10.1. The van der Waals surface area contributed by atoms with Gasteiger partial charge in [0, 0.05) is 28.9 Å². The van der Waals surface area contributed by atoms with E-state index < -0.39 is 0 Å². The molecule has 0 unspecified atom stereocenters. The average molecular weight is 522 g/mol. The van der Waals surface area contributed by atoms with Gasteiger partial charge in [0.05, 0.1) is 36.2 Å². The van der Waals surface area contributed by atoms with Gasteiger partial charge in [-0.1, -0.05) is 30.3 Å². The van der Waals surface area contributed by atoms with Crippen LogP contribution >= 0.6 is 0 Å². The zero-order valence-electron chi connectivity index (χ0n) is 21.7. The Hall–Kier alpha value is -4.85. The lowest BCUT2D eigenvalue weighted by atomic mass is 10.1. The number of nitrogens with one attached hydrogen (secondary N) is 1. The minimum Gasteiger partial charge on any atom is -0.493 e. The number of hydrogen-bond donors (Lipinski definition) is 1. The van der Waals surface area contributed by atoms with Crippen LogP contribution in [0.3, 0.4) is 0 Å². The molecule has 3 heterocycles. The van der Waals surface area contributed by atoms with Crippen LogP contribution in [0.25, 0.3) is 38.1 Å². The third-order valence-electron chi connectivity index (χ3n) is 7.04. The van der Waals surface area contributed by atoms with Gasteiger partial charge in [-0.15, -0.1) is 0 Å². The van der Waals surface area contributed by atoms with Crippen LogP contribution in [0, 0.1) is 0 Å². The molecule has 0 aliphatic carbocycles. The molecule has 0 radical (unpaired) electrons. The van der Waals surface area contributed by atoms with Gasteiger partial charge < -0.3 is 19.5 Å². The van der Waals surface area contributed by atoms with Crippen molar-refractivity contribution >= 4 is 44.0 Å². The summed E-state index contributed by atoms with van der Waals surface area (Å²) in [6, 6.07) is 21.2. The number of methoxy groups -OCH3 is 2. The van der Waals surface area contributed by atoms with Crippen molar-refractivity contribution in [3.63, 3.8) is 0 Å². The molecule has 3 aromatic heterocycles. The fourth-order valence-electron chi connectivity index (χ4n) is 5.26. The quantitative estimate of drug-likeness (QED) is 0.218. The van der Waals surface area contributed by atoms with Gasteiger partial charge in [-0.3, -0.25) is 19.0 Å². The van der Waals surface area contributed by atoms with E-state index in [4.69, 9.17) is 14.2 Å². The fraction of sp³-hybridized carbons (Fsp3) is 0.194. The van der Waals surface area contributed by atoms with Crippen LogP contribution in [-0.2, 0) is 11.2 Å². The molecule has 0 spiro atoms. The van der Waals surface area contributed by atoms with E-state index in [-0.39, 0.29) is 18.1 Å². The zero-order valence-corrected chi connectivity index (χ0v) is 21.7. The van der Waals surface area contributed by atoms with Crippen molar-refractivity contribution in [3.8, 4) is 17.2 Å². The van der Waals surface area contributed by atoms with Gasteiger partial charge in [-0.25, -0.2) is 0 Å². The predicted octanol–water partition coefficient (Wildman–Crippen LogP) is 4.74. The van der Waals surface area contributed by atoms with E-state index >= 15 is 0 Å². The number of rotatable bonds is 9. The molecule has 196 valence electrons. The highest BCUT2D eigenvalue weighted by atomic mass is 16.5. The van der Waals surface area contributed by atoms with Gasteiger partial charge in [-0.05, 0) is 54.8 Å². The van der Waals surface area contributed by atoms with E-state index in [1.165, 1.54) is 12.7 Å². The zero-order chi connectivity index (χ0) is 26.9. The summed E-state index contributed by atoms with van der Waals surface area (Å²) in [6.07, 6.45) is 3.49. The average Bonchev–Trinajstić information content (AvgIpc) is 3.31. The Balaban J connectivity index is 1.29. The molecule has 1 amide bonds. The molecule has 0 aliphatic heterocycles. The first-order chi connectivity index (χ1) is 19.1. The van der Waals surface area contributed by atoms with E-state index in [2.05, 4.69) is 22.4 Å². The molecule has 0 atom stereocenters. The third kappa shape index (κ3) is 4.24. The first kappa shape index (κ1) is 24.5. The summed E-state index contributed by atoms with van der Waals surface area (Å²) in [5.41, 5.74) is 3.17. The monoisotopic (exact) mass is 521 g/mol. The highest BCUT2D eigenvalue weighted by molar-refractivity contribution is 6.19. The number of nitrogens with zero attached hydrogens (tertiary/aromatic N) is 2. The number of benzene rings is 3. The van der Waals surface area contributed by atoms with E-state index in [0.717, 1.165) is 34.6 Å². The molecular formula is C31H27N3O5. The van der Waals surface area contributed by atoms with Crippen molar-refractivity contribution in [1.82, 2.24) is 14.7 Å². The molecule has 8 nitrogen and oxygen atoms in total. The van der Waals surface area contributed by atoms with Crippen LogP contribution in [0.4, 0.5) is 0 Å². The molecule has 0 saturated carbocycles. The number of hydrogen-bond acceptors (Lipinski definition) is 6. The van der Waals surface area contributed by atoms with Gasteiger partial charge in [0.25, 0.3) is 11.5 Å².